The van der Waals surface area contributed by atoms with Crippen LogP contribution in [0.1, 0.15) is 37.7 Å². The summed E-state index contributed by atoms with van der Waals surface area (Å²) in [6, 6.07) is 8.43. The summed E-state index contributed by atoms with van der Waals surface area (Å²) in [4.78, 5) is 28.2. The predicted octanol–water partition coefficient (Wildman–Crippen LogP) is 3.21. The van der Waals surface area contributed by atoms with E-state index in [1.54, 1.807) is 17.4 Å². The highest BCUT2D eigenvalue weighted by atomic mass is 16.4. The standard InChI is InChI=1S/C18H17N3O3/c1-10-4-7-15-19-12(3)16(21(15)9-10)17(22)20-14-8-13(18(23)24)6-5-11(14)2/h4-9H,1-3H3,(H,20,22)(H,23,24). The molecule has 2 N–H and O–H groups in total. The van der Waals surface area contributed by atoms with Gasteiger partial charge in [-0.3, -0.25) is 9.20 Å². The van der Waals surface area contributed by atoms with E-state index in [0.717, 1.165) is 11.1 Å². The van der Waals surface area contributed by atoms with Gasteiger partial charge in [-0.25, -0.2) is 9.78 Å². The Kier molecular flexibility index (Phi) is 3.81. The Hall–Kier alpha value is -3.15. The number of nitrogens with one attached hydrogen (secondary N) is 1. The second kappa shape index (κ2) is 5.81. The van der Waals surface area contributed by atoms with Crippen LogP contribution in [0.25, 0.3) is 5.65 Å². The Bertz CT molecular complexity index is 973. The second-order valence-corrected chi connectivity index (χ2v) is 5.77. The number of pyridine rings is 1. The van der Waals surface area contributed by atoms with Gasteiger partial charge in [0.25, 0.3) is 5.91 Å². The van der Waals surface area contributed by atoms with E-state index in [-0.39, 0.29) is 11.5 Å². The topological polar surface area (TPSA) is 83.7 Å². The zero-order valence-corrected chi connectivity index (χ0v) is 13.6. The van der Waals surface area contributed by atoms with Crippen LogP contribution in [0.15, 0.2) is 36.5 Å². The molecule has 0 saturated carbocycles. The number of aromatic nitrogens is 2. The average Bonchev–Trinajstić information content (AvgIpc) is 2.84. The fourth-order valence-corrected chi connectivity index (χ4v) is 2.61. The molecule has 3 aromatic rings. The second-order valence-electron chi connectivity index (χ2n) is 5.77. The van der Waals surface area contributed by atoms with E-state index in [2.05, 4.69) is 10.3 Å². The van der Waals surface area contributed by atoms with Gasteiger partial charge < -0.3 is 10.4 Å². The zero-order valence-electron chi connectivity index (χ0n) is 13.6. The molecule has 0 spiro atoms. The Morgan fingerprint density at radius 2 is 1.88 bits per heavy atom. The third-order valence-electron chi connectivity index (χ3n) is 3.89. The molecule has 24 heavy (non-hydrogen) atoms. The van der Waals surface area contributed by atoms with Crippen LogP contribution < -0.4 is 5.32 Å². The van der Waals surface area contributed by atoms with E-state index in [4.69, 9.17) is 5.11 Å². The van der Waals surface area contributed by atoms with Gasteiger partial charge in [-0.2, -0.15) is 0 Å². The molecule has 2 aromatic heterocycles. The van der Waals surface area contributed by atoms with Crippen molar-refractivity contribution in [3.05, 3.63) is 64.6 Å². The van der Waals surface area contributed by atoms with Gasteiger partial charge in [0, 0.05) is 11.9 Å². The van der Waals surface area contributed by atoms with Gasteiger partial charge in [0.2, 0.25) is 0 Å². The number of carboxylic acids is 1. The van der Waals surface area contributed by atoms with Crippen molar-refractivity contribution in [3.63, 3.8) is 0 Å². The molecule has 6 heteroatoms. The Balaban J connectivity index is 2.02. The molecular formula is C18H17N3O3. The average molecular weight is 323 g/mol. The van der Waals surface area contributed by atoms with Gasteiger partial charge in [0.05, 0.1) is 11.3 Å². The van der Waals surface area contributed by atoms with E-state index in [9.17, 15) is 9.59 Å². The van der Waals surface area contributed by atoms with Crippen LogP contribution in [0.2, 0.25) is 0 Å². The lowest BCUT2D eigenvalue weighted by Gasteiger charge is -2.10. The van der Waals surface area contributed by atoms with E-state index >= 15 is 0 Å². The van der Waals surface area contributed by atoms with Gasteiger partial charge in [-0.15, -0.1) is 0 Å². The van der Waals surface area contributed by atoms with Crippen molar-refractivity contribution in [3.8, 4) is 0 Å². The SMILES string of the molecule is Cc1ccc2nc(C)c(C(=O)Nc3cc(C(=O)O)ccc3C)n2c1. The maximum atomic E-state index is 12.7. The van der Waals surface area contributed by atoms with Crippen LogP contribution in [0.3, 0.4) is 0 Å². The quantitative estimate of drug-likeness (QED) is 0.775. The number of carbonyl (C=O) groups is 2. The molecule has 0 saturated heterocycles. The van der Waals surface area contributed by atoms with Crippen LogP contribution in [0, 0.1) is 20.8 Å². The van der Waals surface area contributed by atoms with Crippen LogP contribution in [-0.2, 0) is 0 Å². The number of aromatic carboxylic acids is 1. The molecule has 3 rings (SSSR count). The summed E-state index contributed by atoms with van der Waals surface area (Å²) < 4.78 is 1.75. The largest absolute Gasteiger partial charge is 0.478 e. The summed E-state index contributed by atoms with van der Waals surface area (Å²) in [7, 11) is 0. The zero-order chi connectivity index (χ0) is 17.4. The summed E-state index contributed by atoms with van der Waals surface area (Å²) >= 11 is 0. The third kappa shape index (κ3) is 2.74. The predicted molar refractivity (Wildman–Crippen MR) is 90.8 cm³/mol. The lowest BCUT2D eigenvalue weighted by Crippen LogP contribution is -2.17. The molecule has 6 nitrogen and oxygen atoms in total. The fraction of sp³-hybridized carbons (Fsp3) is 0.167. The number of rotatable bonds is 3. The maximum absolute atomic E-state index is 12.7. The molecule has 0 fully saturated rings. The van der Waals surface area contributed by atoms with E-state index in [1.165, 1.54) is 12.1 Å². The van der Waals surface area contributed by atoms with Gasteiger partial charge >= 0.3 is 5.97 Å². The number of amides is 1. The van der Waals surface area contributed by atoms with E-state index in [0.29, 0.717) is 22.7 Å². The van der Waals surface area contributed by atoms with Crippen molar-refractivity contribution in [1.29, 1.82) is 0 Å². The highest BCUT2D eigenvalue weighted by molar-refractivity contribution is 6.05. The third-order valence-corrected chi connectivity index (χ3v) is 3.89. The minimum absolute atomic E-state index is 0.126. The number of imidazole rings is 1. The van der Waals surface area contributed by atoms with Gasteiger partial charge in [-0.05, 0) is 50.1 Å². The van der Waals surface area contributed by atoms with Crippen LogP contribution in [-0.4, -0.2) is 26.4 Å². The Morgan fingerprint density at radius 3 is 2.58 bits per heavy atom. The summed E-state index contributed by atoms with van der Waals surface area (Å²) in [5.41, 5.74) is 4.15. The number of fused-ring (bicyclic) bond motifs is 1. The molecule has 0 aliphatic rings. The van der Waals surface area contributed by atoms with Crippen LogP contribution in [0.5, 0.6) is 0 Å². The molecule has 2 heterocycles. The highest BCUT2D eigenvalue weighted by Crippen LogP contribution is 2.20. The molecule has 0 bridgehead atoms. The van der Waals surface area contributed by atoms with Crippen molar-refractivity contribution in [2.75, 3.05) is 5.32 Å². The summed E-state index contributed by atoms with van der Waals surface area (Å²) in [5, 5.41) is 11.9. The number of nitrogens with zero attached hydrogens (tertiary/aromatic N) is 2. The fourth-order valence-electron chi connectivity index (χ4n) is 2.61. The molecule has 1 amide bonds. The van der Waals surface area contributed by atoms with Crippen LogP contribution in [0.4, 0.5) is 5.69 Å². The van der Waals surface area contributed by atoms with E-state index < -0.39 is 5.97 Å². The molecule has 1 aromatic carbocycles. The summed E-state index contributed by atoms with van der Waals surface area (Å²) in [5.74, 6) is -1.36. The molecule has 0 aliphatic carbocycles. The number of hydrogen-bond donors (Lipinski definition) is 2. The number of aryl methyl sites for hydroxylation is 3. The van der Waals surface area contributed by atoms with Crippen molar-refractivity contribution in [2.24, 2.45) is 0 Å². The first-order chi connectivity index (χ1) is 11.4. The molecule has 122 valence electrons. The molecular weight excluding hydrogens is 306 g/mol. The molecule has 0 unspecified atom stereocenters. The first-order valence-corrected chi connectivity index (χ1v) is 7.47. The molecule has 0 aliphatic heterocycles. The number of benzene rings is 1. The van der Waals surface area contributed by atoms with Crippen molar-refractivity contribution in [1.82, 2.24) is 9.38 Å². The smallest absolute Gasteiger partial charge is 0.335 e. The molecule has 0 radical (unpaired) electrons. The minimum atomic E-state index is -1.04. The van der Waals surface area contributed by atoms with Gasteiger partial charge in [0.1, 0.15) is 11.3 Å². The first kappa shape index (κ1) is 15.7. The number of carbonyl (C=O) groups excluding carboxylic acids is 1. The lowest BCUT2D eigenvalue weighted by molar-refractivity contribution is 0.0696. The monoisotopic (exact) mass is 323 g/mol. The van der Waals surface area contributed by atoms with Crippen molar-refractivity contribution < 1.29 is 14.7 Å². The van der Waals surface area contributed by atoms with Crippen molar-refractivity contribution in [2.45, 2.75) is 20.8 Å². The molecule has 0 atom stereocenters. The number of anilines is 1. The Labute approximate surface area is 138 Å². The van der Waals surface area contributed by atoms with E-state index in [1.807, 2.05) is 32.2 Å². The lowest BCUT2D eigenvalue weighted by atomic mass is 10.1. The van der Waals surface area contributed by atoms with Gasteiger partial charge in [-0.1, -0.05) is 12.1 Å². The maximum Gasteiger partial charge on any atom is 0.335 e. The van der Waals surface area contributed by atoms with Crippen molar-refractivity contribution >= 4 is 23.2 Å². The van der Waals surface area contributed by atoms with Gasteiger partial charge in [0.15, 0.2) is 0 Å². The minimum Gasteiger partial charge on any atom is -0.478 e. The Morgan fingerprint density at radius 1 is 1.12 bits per heavy atom. The highest BCUT2D eigenvalue weighted by Gasteiger charge is 2.18. The summed E-state index contributed by atoms with van der Waals surface area (Å²) in [6.45, 7) is 5.53. The number of carboxylic acid groups (broad SMARTS) is 1. The normalized spacial score (nSPS) is 10.8. The first-order valence-electron chi connectivity index (χ1n) is 7.47. The number of hydrogen-bond acceptors (Lipinski definition) is 3. The van der Waals surface area contributed by atoms with Crippen LogP contribution >= 0.6 is 0 Å². The summed E-state index contributed by atoms with van der Waals surface area (Å²) in [6.07, 6.45) is 1.85.